The fourth-order valence-corrected chi connectivity index (χ4v) is 1.25. The summed E-state index contributed by atoms with van der Waals surface area (Å²) in [6.45, 7) is 4.27. The summed E-state index contributed by atoms with van der Waals surface area (Å²) < 4.78 is 5.45. The van der Waals surface area contributed by atoms with Gasteiger partial charge in [-0.1, -0.05) is 0 Å². The Balaban J connectivity index is 2.60. The van der Waals surface area contributed by atoms with Gasteiger partial charge in [0, 0.05) is 13.6 Å². The van der Waals surface area contributed by atoms with E-state index in [9.17, 15) is 4.79 Å². The number of aromatic hydroxyl groups is 1. The Kier molecular flexibility index (Phi) is 4.17. The number of phenolic OH excluding ortho intramolecular Hbond substituents is 1. The molecule has 4 heteroatoms. The van der Waals surface area contributed by atoms with Gasteiger partial charge in [-0.3, -0.25) is 4.79 Å². The van der Waals surface area contributed by atoms with Gasteiger partial charge in [0.1, 0.15) is 11.5 Å². The van der Waals surface area contributed by atoms with Gasteiger partial charge in [0.2, 0.25) is 0 Å². The Morgan fingerprint density at radius 2 is 2.00 bits per heavy atom. The van der Waals surface area contributed by atoms with E-state index in [1.807, 2.05) is 6.92 Å². The van der Waals surface area contributed by atoms with Crippen LogP contribution in [-0.4, -0.2) is 35.6 Å². The highest BCUT2D eigenvalue weighted by molar-refractivity contribution is 5.80. The summed E-state index contributed by atoms with van der Waals surface area (Å²) in [4.78, 5) is 13.3. The van der Waals surface area contributed by atoms with Crippen molar-refractivity contribution in [3.8, 4) is 11.5 Å². The normalized spacial score (nSPS) is 11.9. The molecule has 0 aliphatic rings. The van der Waals surface area contributed by atoms with Crippen LogP contribution in [0.5, 0.6) is 11.5 Å². The maximum Gasteiger partial charge on any atom is 0.263 e. The Bertz CT molecular complexity index is 348. The number of hydrogen-bond donors (Lipinski definition) is 1. The first kappa shape index (κ1) is 12.4. The van der Waals surface area contributed by atoms with E-state index >= 15 is 0 Å². The van der Waals surface area contributed by atoms with E-state index in [0.29, 0.717) is 12.3 Å². The molecule has 1 amide bonds. The molecular weight excluding hydrogens is 206 g/mol. The summed E-state index contributed by atoms with van der Waals surface area (Å²) in [6.07, 6.45) is -0.519. The van der Waals surface area contributed by atoms with Crippen LogP contribution in [-0.2, 0) is 4.79 Å². The average molecular weight is 223 g/mol. The van der Waals surface area contributed by atoms with Crippen molar-refractivity contribution in [2.45, 2.75) is 20.0 Å². The van der Waals surface area contributed by atoms with Gasteiger partial charge in [-0.15, -0.1) is 0 Å². The highest BCUT2D eigenvalue weighted by atomic mass is 16.5. The van der Waals surface area contributed by atoms with Crippen LogP contribution in [0.15, 0.2) is 24.3 Å². The van der Waals surface area contributed by atoms with Crippen molar-refractivity contribution in [1.82, 2.24) is 4.90 Å². The number of amides is 1. The molecule has 0 heterocycles. The second-order valence-corrected chi connectivity index (χ2v) is 3.61. The molecule has 0 bridgehead atoms. The van der Waals surface area contributed by atoms with Crippen molar-refractivity contribution in [2.75, 3.05) is 13.6 Å². The molecule has 0 saturated heterocycles. The summed E-state index contributed by atoms with van der Waals surface area (Å²) >= 11 is 0. The van der Waals surface area contributed by atoms with E-state index in [1.54, 1.807) is 31.0 Å². The zero-order valence-electron chi connectivity index (χ0n) is 9.80. The first-order chi connectivity index (χ1) is 7.54. The minimum atomic E-state index is -0.519. The predicted molar refractivity (Wildman–Crippen MR) is 61.5 cm³/mol. The standard InChI is InChI=1S/C12H17NO3/c1-4-13(3)12(15)9(2)16-11-7-5-10(14)6-8-11/h5-9,14H,4H2,1-3H3. The van der Waals surface area contributed by atoms with Gasteiger partial charge in [0.15, 0.2) is 6.10 Å². The van der Waals surface area contributed by atoms with Crippen molar-refractivity contribution in [2.24, 2.45) is 0 Å². The average Bonchev–Trinajstić information content (AvgIpc) is 2.30. The molecule has 0 saturated carbocycles. The molecule has 0 aliphatic carbocycles. The number of rotatable bonds is 4. The number of carbonyl (C=O) groups excluding carboxylic acids is 1. The van der Waals surface area contributed by atoms with Crippen LogP contribution in [0.3, 0.4) is 0 Å². The van der Waals surface area contributed by atoms with Crippen LogP contribution < -0.4 is 4.74 Å². The molecule has 88 valence electrons. The molecule has 0 aliphatic heterocycles. The van der Waals surface area contributed by atoms with Crippen molar-refractivity contribution in [1.29, 1.82) is 0 Å². The third kappa shape index (κ3) is 3.15. The summed E-state index contributed by atoms with van der Waals surface area (Å²) in [5, 5.41) is 9.10. The molecule has 1 N–H and O–H groups in total. The number of phenols is 1. The molecule has 1 rings (SSSR count). The van der Waals surface area contributed by atoms with Crippen LogP contribution in [0, 0.1) is 0 Å². The number of ether oxygens (including phenoxy) is 1. The molecule has 0 radical (unpaired) electrons. The maximum atomic E-state index is 11.7. The fraction of sp³-hybridized carbons (Fsp3) is 0.417. The molecule has 1 unspecified atom stereocenters. The maximum absolute atomic E-state index is 11.7. The summed E-state index contributed by atoms with van der Waals surface area (Å²) in [7, 11) is 1.74. The van der Waals surface area contributed by atoms with E-state index in [-0.39, 0.29) is 11.7 Å². The predicted octanol–water partition coefficient (Wildman–Crippen LogP) is 1.64. The lowest BCUT2D eigenvalue weighted by Gasteiger charge is -2.20. The minimum absolute atomic E-state index is 0.0597. The quantitative estimate of drug-likeness (QED) is 0.844. The number of nitrogens with zero attached hydrogens (tertiary/aromatic N) is 1. The third-order valence-electron chi connectivity index (χ3n) is 2.35. The first-order valence-electron chi connectivity index (χ1n) is 5.25. The SMILES string of the molecule is CCN(C)C(=O)C(C)Oc1ccc(O)cc1. The van der Waals surface area contributed by atoms with Gasteiger partial charge in [0.25, 0.3) is 5.91 Å². The van der Waals surface area contributed by atoms with Crippen LogP contribution >= 0.6 is 0 Å². The molecule has 16 heavy (non-hydrogen) atoms. The van der Waals surface area contributed by atoms with Gasteiger partial charge >= 0.3 is 0 Å². The van der Waals surface area contributed by atoms with Crippen LogP contribution in [0.1, 0.15) is 13.8 Å². The Morgan fingerprint density at radius 1 is 1.44 bits per heavy atom. The molecule has 1 aromatic carbocycles. The number of hydrogen-bond acceptors (Lipinski definition) is 3. The lowest BCUT2D eigenvalue weighted by molar-refractivity contribution is -0.136. The van der Waals surface area contributed by atoms with E-state index in [1.165, 1.54) is 12.1 Å². The van der Waals surface area contributed by atoms with Crippen molar-refractivity contribution in [3.05, 3.63) is 24.3 Å². The van der Waals surface area contributed by atoms with Crippen LogP contribution in [0.4, 0.5) is 0 Å². The smallest absolute Gasteiger partial charge is 0.263 e. The largest absolute Gasteiger partial charge is 0.508 e. The van der Waals surface area contributed by atoms with Crippen molar-refractivity contribution in [3.63, 3.8) is 0 Å². The zero-order chi connectivity index (χ0) is 12.1. The van der Waals surface area contributed by atoms with E-state index in [4.69, 9.17) is 9.84 Å². The van der Waals surface area contributed by atoms with Gasteiger partial charge in [-0.25, -0.2) is 0 Å². The van der Waals surface area contributed by atoms with Gasteiger partial charge in [-0.05, 0) is 38.1 Å². The highest BCUT2D eigenvalue weighted by Crippen LogP contribution is 2.17. The summed E-state index contributed by atoms with van der Waals surface area (Å²) in [5.41, 5.74) is 0. The second kappa shape index (κ2) is 5.39. The van der Waals surface area contributed by atoms with E-state index in [2.05, 4.69) is 0 Å². The van der Waals surface area contributed by atoms with Crippen LogP contribution in [0.2, 0.25) is 0 Å². The van der Waals surface area contributed by atoms with Crippen LogP contribution in [0.25, 0.3) is 0 Å². The highest BCUT2D eigenvalue weighted by Gasteiger charge is 2.17. The number of benzene rings is 1. The first-order valence-corrected chi connectivity index (χ1v) is 5.25. The fourth-order valence-electron chi connectivity index (χ4n) is 1.25. The molecule has 0 fully saturated rings. The summed E-state index contributed by atoms with van der Waals surface area (Å²) in [6, 6.07) is 6.31. The lowest BCUT2D eigenvalue weighted by Crippen LogP contribution is -2.37. The Labute approximate surface area is 95.5 Å². The van der Waals surface area contributed by atoms with Gasteiger partial charge < -0.3 is 14.7 Å². The Hall–Kier alpha value is -1.71. The zero-order valence-corrected chi connectivity index (χ0v) is 9.80. The molecular formula is C12H17NO3. The minimum Gasteiger partial charge on any atom is -0.508 e. The van der Waals surface area contributed by atoms with E-state index < -0.39 is 6.10 Å². The number of carbonyl (C=O) groups is 1. The van der Waals surface area contributed by atoms with Gasteiger partial charge in [0.05, 0.1) is 0 Å². The molecule has 1 atom stereocenters. The molecule has 0 spiro atoms. The number of likely N-dealkylation sites (N-methyl/N-ethyl adjacent to an activating group) is 1. The van der Waals surface area contributed by atoms with E-state index in [0.717, 1.165) is 0 Å². The monoisotopic (exact) mass is 223 g/mol. The summed E-state index contributed by atoms with van der Waals surface area (Å²) in [5.74, 6) is 0.690. The van der Waals surface area contributed by atoms with Gasteiger partial charge in [-0.2, -0.15) is 0 Å². The lowest BCUT2D eigenvalue weighted by atomic mass is 10.3. The topological polar surface area (TPSA) is 49.8 Å². The molecule has 4 nitrogen and oxygen atoms in total. The van der Waals surface area contributed by atoms with Crippen molar-refractivity contribution >= 4 is 5.91 Å². The Morgan fingerprint density at radius 3 is 2.50 bits per heavy atom. The second-order valence-electron chi connectivity index (χ2n) is 3.61. The third-order valence-corrected chi connectivity index (χ3v) is 2.35. The van der Waals surface area contributed by atoms with Crippen molar-refractivity contribution < 1.29 is 14.6 Å². The molecule has 0 aromatic heterocycles. The molecule has 1 aromatic rings.